The second-order valence-electron chi connectivity index (χ2n) is 12.1. The molecule has 0 heterocycles. The van der Waals surface area contributed by atoms with Crippen molar-refractivity contribution in [3.63, 3.8) is 0 Å². The number of methoxy groups -OCH3 is 1. The van der Waals surface area contributed by atoms with Crippen molar-refractivity contribution in [2.24, 2.45) is 0 Å². The summed E-state index contributed by atoms with van der Waals surface area (Å²) >= 11 is 6.31. The van der Waals surface area contributed by atoms with Crippen LogP contribution in [0, 0.1) is 6.92 Å². The Kier molecular flexibility index (Phi) is 11.1. The Morgan fingerprint density at radius 2 is 1.54 bits per heavy atom. The molecule has 1 unspecified atom stereocenters. The zero-order chi connectivity index (χ0) is 33.5. The van der Waals surface area contributed by atoms with E-state index in [1.54, 1.807) is 30.3 Å². The topological polar surface area (TPSA) is 96.0 Å². The van der Waals surface area contributed by atoms with Crippen molar-refractivity contribution in [3.05, 3.63) is 125 Å². The van der Waals surface area contributed by atoms with Gasteiger partial charge < -0.3 is 15.0 Å². The number of rotatable bonds is 12. The van der Waals surface area contributed by atoms with Crippen LogP contribution in [0.5, 0.6) is 5.75 Å². The molecule has 8 nitrogen and oxygen atoms in total. The van der Waals surface area contributed by atoms with Crippen LogP contribution in [-0.2, 0) is 32.6 Å². The van der Waals surface area contributed by atoms with Gasteiger partial charge in [-0.3, -0.25) is 13.9 Å². The SMILES string of the molecule is COc1ccc(S(=O)(=O)N(CC(=O)N(Cc2ccccc2C)C(Cc2ccccc2)C(=O)NC(C)(C)C)c2cccc(Cl)c2)cc1. The Morgan fingerprint density at radius 1 is 0.891 bits per heavy atom. The number of anilines is 1. The number of amides is 2. The lowest BCUT2D eigenvalue weighted by Crippen LogP contribution is -2.56. The Morgan fingerprint density at radius 3 is 2.15 bits per heavy atom. The molecule has 0 radical (unpaired) electrons. The highest BCUT2D eigenvalue weighted by atomic mass is 35.5. The minimum atomic E-state index is -4.27. The fourth-order valence-corrected chi connectivity index (χ4v) is 6.60. The second-order valence-corrected chi connectivity index (χ2v) is 14.4. The predicted octanol–water partition coefficient (Wildman–Crippen LogP) is 6.41. The number of nitrogens with zero attached hydrogens (tertiary/aromatic N) is 2. The summed E-state index contributed by atoms with van der Waals surface area (Å²) in [5.41, 5.74) is 2.27. The smallest absolute Gasteiger partial charge is 0.264 e. The quantitative estimate of drug-likeness (QED) is 0.189. The van der Waals surface area contributed by atoms with Gasteiger partial charge in [-0.2, -0.15) is 0 Å². The van der Waals surface area contributed by atoms with E-state index in [0.717, 1.165) is 21.0 Å². The van der Waals surface area contributed by atoms with Crippen molar-refractivity contribution in [1.82, 2.24) is 10.2 Å². The van der Waals surface area contributed by atoms with E-state index in [1.165, 1.54) is 30.2 Å². The van der Waals surface area contributed by atoms with E-state index in [2.05, 4.69) is 5.32 Å². The molecule has 1 atom stereocenters. The predicted molar refractivity (Wildman–Crippen MR) is 183 cm³/mol. The maximum atomic E-state index is 14.6. The van der Waals surface area contributed by atoms with E-state index in [1.807, 2.05) is 82.3 Å². The highest BCUT2D eigenvalue weighted by Gasteiger charge is 2.36. The van der Waals surface area contributed by atoms with E-state index >= 15 is 0 Å². The van der Waals surface area contributed by atoms with Crippen LogP contribution >= 0.6 is 11.6 Å². The Labute approximate surface area is 277 Å². The van der Waals surface area contributed by atoms with Crippen LogP contribution in [0.15, 0.2) is 108 Å². The fraction of sp³-hybridized carbons (Fsp3) is 0.278. The van der Waals surface area contributed by atoms with Gasteiger partial charge in [0.15, 0.2) is 0 Å². The maximum Gasteiger partial charge on any atom is 0.264 e. The summed E-state index contributed by atoms with van der Waals surface area (Å²) < 4.78 is 34.6. The summed E-state index contributed by atoms with van der Waals surface area (Å²) in [6, 6.07) is 28.4. The Hall–Kier alpha value is -4.34. The molecule has 2 amide bonds. The molecule has 0 aromatic heterocycles. The van der Waals surface area contributed by atoms with E-state index in [9.17, 15) is 18.0 Å². The van der Waals surface area contributed by atoms with Gasteiger partial charge >= 0.3 is 0 Å². The van der Waals surface area contributed by atoms with Gasteiger partial charge in [0.25, 0.3) is 10.0 Å². The van der Waals surface area contributed by atoms with Gasteiger partial charge in [-0.05, 0) is 86.8 Å². The fourth-order valence-electron chi connectivity index (χ4n) is 5.01. The molecule has 0 fully saturated rings. The number of carbonyl (C=O) groups excluding carboxylic acids is 2. The maximum absolute atomic E-state index is 14.6. The molecule has 0 saturated carbocycles. The summed E-state index contributed by atoms with van der Waals surface area (Å²) in [5.74, 6) is -0.404. The molecule has 4 aromatic carbocycles. The van der Waals surface area contributed by atoms with Gasteiger partial charge in [-0.15, -0.1) is 0 Å². The number of halogens is 1. The van der Waals surface area contributed by atoms with Crippen molar-refractivity contribution < 1.29 is 22.7 Å². The van der Waals surface area contributed by atoms with Crippen LogP contribution in [-0.4, -0.2) is 50.4 Å². The number of benzene rings is 4. The van der Waals surface area contributed by atoms with Crippen molar-refractivity contribution in [2.75, 3.05) is 18.0 Å². The molecule has 46 heavy (non-hydrogen) atoms. The van der Waals surface area contributed by atoms with Gasteiger partial charge in [0, 0.05) is 23.5 Å². The molecule has 1 N–H and O–H groups in total. The van der Waals surface area contributed by atoms with E-state index in [0.29, 0.717) is 10.8 Å². The van der Waals surface area contributed by atoms with Crippen LogP contribution in [0.3, 0.4) is 0 Å². The number of ether oxygens (including phenoxy) is 1. The lowest BCUT2D eigenvalue weighted by atomic mass is 10.00. The Balaban J connectivity index is 1.83. The number of hydrogen-bond donors (Lipinski definition) is 1. The first-order chi connectivity index (χ1) is 21.8. The summed E-state index contributed by atoms with van der Waals surface area (Å²) in [5, 5.41) is 3.35. The van der Waals surface area contributed by atoms with Crippen LogP contribution in [0.1, 0.15) is 37.5 Å². The van der Waals surface area contributed by atoms with Gasteiger partial charge in [0.2, 0.25) is 11.8 Å². The molecular formula is C36H40ClN3O5S. The monoisotopic (exact) mass is 661 g/mol. The number of nitrogens with one attached hydrogen (secondary N) is 1. The third kappa shape index (κ3) is 8.89. The van der Waals surface area contributed by atoms with Crippen molar-refractivity contribution in [1.29, 1.82) is 0 Å². The molecule has 0 bridgehead atoms. The minimum absolute atomic E-state index is 0.0298. The standard InChI is InChI=1S/C36H40ClN3O5S/c1-26-12-9-10-15-28(26)24-39(33(35(42)38-36(2,3)4)22-27-13-7-6-8-14-27)34(41)25-40(30-17-11-16-29(37)23-30)46(43,44)32-20-18-31(45-5)19-21-32/h6-21,23,33H,22,24-25H2,1-5H3,(H,38,42). The van der Waals surface area contributed by atoms with Crippen LogP contribution in [0.2, 0.25) is 5.02 Å². The normalized spacial score (nSPS) is 12.2. The number of carbonyl (C=O) groups is 2. The van der Waals surface area contributed by atoms with Gasteiger partial charge in [0.1, 0.15) is 18.3 Å². The van der Waals surface area contributed by atoms with Crippen molar-refractivity contribution in [2.45, 2.75) is 57.1 Å². The average Bonchev–Trinajstić information content (AvgIpc) is 3.01. The highest BCUT2D eigenvalue weighted by Crippen LogP contribution is 2.28. The lowest BCUT2D eigenvalue weighted by molar-refractivity contribution is -0.140. The zero-order valence-corrected chi connectivity index (χ0v) is 28.3. The van der Waals surface area contributed by atoms with Crippen molar-refractivity contribution >= 4 is 39.1 Å². The van der Waals surface area contributed by atoms with E-state index in [-0.39, 0.29) is 29.5 Å². The highest BCUT2D eigenvalue weighted by molar-refractivity contribution is 7.92. The molecule has 242 valence electrons. The van der Waals surface area contributed by atoms with Gasteiger partial charge in [-0.25, -0.2) is 8.42 Å². The molecule has 0 aliphatic carbocycles. The molecule has 0 aliphatic heterocycles. The molecule has 10 heteroatoms. The van der Waals surface area contributed by atoms with Crippen LogP contribution in [0.4, 0.5) is 5.69 Å². The first-order valence-electron chi connectivity index (χ1n) is 14.9. The Bertz CT molecular complexity index is 1760. The first kappa shape index (κ1) is 34.5. The largest absolute Gasteiger partial charge is 0.497 e. The molecular weight excluding hydrogens is 622 g/mol. The molecule has 0 aliphatic rings. The lowest BCUT2D eigenvalue weighted by Gasteiger charge is -2.35. The average molecular weight is 662 g/mol. The summed E-state index contributed by atoms with van der Waals surface area (Å²) in [6.45, 7) is 7.08. The third-order valence-electron chi connectivity index (χ3n) is 7.39. The van der Waals surface area contributed by atoms with Gasteiger partial charge in [-0.1, -0.05) is 72.3 Å². The number of sulfonamides is 1. The van der Waals surface area contributed by atoms with Crippen molar-refractivity contribution in [3.8, 4) is 5.75 Å². The molecule has 4 aromatic rings. The van der Waals surface area contributed by atoms with Crippen LogP contribution in [0.25, 0.3) is 0 Å². The summed E-state index contributed by atoms with van der Waals surface area (Å²) in [4.78, 5) is 30.0. The zero-order valence-electron chi connectivity index (χ0n) is 26.7. The van der Waals surface area contributed by atoms with Gasteiger partial charge in [0.05, 0.1) is 17.7 Å². The number of aryl methyl sites for hydroxylation is 1. The second kappa shape index (κ2) is 14.8. The minimum Gasteiger partial charge on any atom is -0.497 e. The molecule has 4 rings (SSSR count). The van der Waals surface area contributed by atoms with Crippen LogP contribution < -0.4 is 14.4 Å². The summed E-state index contributed by atoms with van der Waals surface area (Å²) in [6.07, 6.45) is 0.225. The summed E-state index contributed by atoms with van der Waals surface area (Å²) in [7, 11) is -2.78. The molecule has 0 saturated heterocycles. The first-order valence-corrected chi connectivity index (χ1v) is 16.7. The number of hydrogen-bond acceptors (Lipinski definition) is 5. The van der Waals surface area contributed by atoms with E-state index in [4.69, 9.17) is 16.3 Å². The van der Waals surface area contributed by atoms with E-state index < -0.39 is 34.1 Å². The molecule has 0 spiro atoms. The third-order valence-corrected chi connectivity index (χ3v) is 9.42.